The SMILES string of the molecule is CC(C)N1C(=O)[C@H](C)CCC1c1ccc(Cl)cc1.Fc1cccc(Cl)c1. The molecule has 0 aliphatic carbocycles. The van der Waals surface area contributed by atoms with Gasteiger partial charge in [0.15, 0.2) is 0 Å². The van der Waals surface area contributed by atoms with Crippen LogP contribution in [0.3, 0.4) is 0 Å². The molecule has 3 rings (SSSR count). The highest BCUT2D eigenvalue weighted by atomic mass is 35.5. The van der Waals surface area contributed by atoms with E-state index < -0.39 is 0 Å². The fourth-order valence-electron chi connectivity index (χ4n) is 3.16. The van der Waals surface area contributed by atoms with Crippen LogP contribution < -0.4 is 0 Å². The van der Waals surface area contributed by atoms with Crippen LogP contribution in [0.25, 0.3) is 0 Å². The fourth-order valence-corrected chi connectivity index (χ4v) is 3.47. The summed E-state index contributed by atoms with van der Waals surface area (Å²) in [6.07, 6.45) is 2.00. The minimum absolute atomic E-state index is 0.149. The largest absolute Gasteiger partial charge is 0.333 e. The van der Waals surface area contributed by atoms with Crippen LogP contribution in [0.2, 0.25) is 10.0 Å². The quantitative estimate of drug-likeness (QED) is 0.565. The van der Waals surface area contributed by atoms with Gasteiger partial charge in [0.05, 0.1) is 6.04 Å². The van der Waals surface area contributed by atoms with Crippen molar-refractivity contribution in [1.29, 1.82) is 0 Å². The summed E-state index contributed by atoms with van der Waals surface area (Å²) in [6, 6.07) is 14.1. The van der Waals surface area contributed by atoms with E-state index in [1.165, 1.54) is 17.7 Å². The van der Waals surface area contributed by atoms with Crippen LogP contribution >= 0.6 is 23.2 Å². The van der Waals surface area contributed by atoms with Gasteiger partial charge in [-0.25, -0.2) is 4.39 Å². The molecule has 0 bridgehead atoms. The number of amides is 1. The predicted octanol–water partition coefficient (Wildman–Crippen LogP) is 6.53. The second kappa shape index (κ2) is 9.38. The lowest BCUT2D eigenvalue weighted by Crippen LogP contribution is -2.46. The van der Waals surface area contributed by atoms with Gasteiger partial charge in [-0.15, -0.1) is 0 Å². The zero-order chi connectivity index (χ0) is 19.3. The van der Waals surface area contributed by atoms with E-state index in [4.69, 9.17) is 23.2 Å². The molecule has 140 valence electrons. The van der Waals surface area contributed by atoms with Crippen LogP contribution in [-0.2, 0) is 4.79 Å². The van der Waals surface area contributed by atoms with Crippen LogP contribution in [0.15, 0.2) is 48.5 Å². The molecule has 0 N–H and O–H groups in total. The number of likely N-dealkylation sites (tertiary alicyclic amines) is 1. The van der Waals surface area contributed by atoms with Crippen molar-refractivity contribution in [2.75, 3.05) is 0 Å². The molecule has 2 nitrogen and oxygen atoms in total. The summed E-state index contributed by atoms with van der Waals surface area (Å²) in [6.45, 7) is 6.19. The van der Waals surface area contributed by atoms with Crippen molar-refractivity contribution in [3.05, 3.63) is 70.0 Å². The van der Waals surface area contributed by atoms with Crippen molar-refractivity contribution in [2.45, 2.75) is 45.7 Å². The van der Waals surface area contributed by atoms with Crippen LogP contribution in [0.4, 0.5) is 4.39 Å². The zero-order valence-corrected chi connectivity index (χ0v) is 16.8. The van der Waals surface area contributed by atoms with Gasteiger partial charge < -0.3 is 4.90 Å². The van der Waals surface area contributed by atoms with Gasteiger partial charge in [-0.2, -0.15) is 0 Å². The summed E-state index contributed by atoms with van der Waals surface area (Å²) in [4.78, 5) is 14.3. The standard InChI is InChI=1S/C15H20ClNO.C6H4ClF/c1-10(2)17-14(9-4-11(3)15(17)18)12-5-7-13(16)8-6-12;7-5-2-1-3-6(8)4-5/h5-8,10-11,14H,4,9H2,1-3H3;1-4H/t11-,14?;/m1./s1. The van der Waals surface area contributed by atoms with E-state index in [2.05, 4.69) is 13.8 Å². The highest BCUT2D eigenvalue weighted by Gasteiger charge is 2.35. The Morgan fingerprint density at radius 1 is 1.04 bits per heavy atom. The lowest BCUT2D eigenvalue weighted by atomic mass is 9.88. The smallest absolute Gasteiger partial charge is 0.226 e. The van der Waals surface area contributed by atoms with E-state index in [1.807, 2.05) is 36.1 Å². The number of hydrogen-bond acceptors (Lipinski definition) is 1. The number of hydrogen-bond donors (Lipinski definition) is 0. The molecule has 1 heterocycles. The Kier molecular flexibility index (Phi) is 7.48. The number of halogens is 3. The van der Waals surface area contributed by atoms with Gasteiger partial charge in [-0.3, -0.25) is 4.79 Å². The number of carbonyl (C=O) groups excluding carboxylic acids is 1. The minimum Gasteiger partial charge on any atom is -0.333 e. The summed E-state index contributed by atoms with van der Waals surface area (Å²) < 4.78 is 12.1. The van der Waals surface area contributed by atoms with Gasteiger partial charge in [-0.05, 0) is 62.6 Å². The Hall–Kier alpha value is -1.58. The van der Waals surface area contributed by atoms with Gasteiger partial charge in [0.2, 0.25) is 5.91 Å². The molecule has 2 aromatic rings. The fraction of sp³-hybridized carbons (Fsp3) is 0.381. The Bertz CT molecular complexity index is 716. The minimum atomic E-state index is -0.294. The van der Waals surface area contributed by atoms with Crippen molar-refractivity contribution < 1.29 is 9.18 Å². The molecule has 1 aliphatic heterocycles. The number of piperidine rings is 1. The predicted molar refractivity (Wildman–Crippen MR) is 106 cm³/mol. The average molecular weight is 396 g/mol. The summed E-state index contributed by atoms with van der Waals surface area (Å²) in [7, 11) is 0. The van der Waals surface area contributed by atoms with Gasteiger partial charge >= 0.3 is 0 Å². The maximum absolute atomic E-state index is 12.3. The van der Waals surface area contributed by atoms with E-state index in [-0.39, 0.29) is 29.7 Å². The maximum Gasteiger partial charge on any atom is 0.226 e. The highest BCUT2D eigenvalue weighted by molar-refractivity contribution is 6.30. The van der Waals surface area contributed by atoms with Crippen molar-refractivity contribution >= 4 is 29.1 Å². The van der Waals surface area contributed by atoms with Gasteiger partial charge in [0.1, 0.15) is 5.82 Å². The summed E-state index contributed by atoms with van der Waals surface area (Å²) >= 11 is 11.3. The average Bonchev–Trinajstić information content (AvgIpc) is 2.58. The third kappa shape index (κ3) is 5.46. The Labute approximate surface area is 164 Å². The first-order valence-corrected chi connectivity index (χ1v) is 9.54. The second-order valence-corrected chi connectivity index (χ2v) is 7.70. The first kappa shape index (κ1) is 20.7. The molecule has 2 aromatic carbocycles. The van der Waals surface area contributed by atoms with Crippen molar-refractivity contribution in [1.82, 2.24) is 4.90 Å². The molecule has 2 atom stereocenters. The van der Waals surface area contributed by atoms with Crippen LogP contribution in [-0.4, -0.2) is 16.8 Å². The Morgan fingerprint density at radius 3 is 2.19 bits per heavy atom. The monoisotopic (exact) mass is 395 g/mol. The van der Waals surface area contributed by atoms with Crippen molar-refractivity contribution in [2.24, 2.45) is 5.92 Å². The summed E-state index contributed by atoms with van der Waals surface area (Å²) in [5.41, 5.74) is 1.19. The van der Waals surface area contributed by atoms with Gasteiger partial charge in [0.25, 0.3) is 0 Å². The molecular formula is C21H24Cl2FNO. The molecule has 0 spiro atoms. The second-order valence-electron chi connectivity index (χ2n) is 6.82. The summed E-state index contributed by atoms with van der Waals surface area (Å²) in [5, 5.41) is 1.18. The van der Waals surface area contributed by atoms with Gasteiger partial charge in [-0.1, -0.05) is 48.3 Å². The maximum atomic E-state index is 12.3. The summed E-state index contributed by atoms with van der Waals surface area (Å²) in [5.74, 6) is 0.129. The third-order valence-corrected chi connectivity index (χ3v) is 4.97. The molecule has 26 heavy (non-hydrogen) atoms. The third-order valence-electron chi connectivity index (χ3n) is 4.48. The van der Waals surface area contributed by atoms with Crippen LogP contribution in [0, 0.1) is 11.7 Å². The number of rotatable bonds is 2. The number of carbonyl (C=O) groups is 1. The first-order chi connectivity index (χ1) is 12.3. The molecule has 0 radical (unpaired) electrons. The molecule has 1 aliphatic rings. The molecule has 5 heteroatoms. The normalized spacial score (nSPS) is 20.0. The molecule has 0 saturated carbocycles. The Morgan fingerprint density at radius 2 is 1.69 bits per heavy atom. The van der Waals surface area contributed by atoms with E-state index in [0.29, 0.717) is 5.02 Å². The molecular weight excluding hydrogens is 372 g/mol. The molecule has 1 unspecified atom stereocenters. The topological polar surface area (TPSA) is 20.3 Å². The van der Waals surface area contributed by atoms with E-state index >= 15 is 0 Å². The Balaban J connectivity index is 0.000000254. The molecule has 1 fully saturated rings. The first-order valence-electron chi connectivity index (χ1n) is 8.78. The number of benzene rings is 2. The zero-order valence-electron chi connectivity index (χ0n) is 15.3. The van der Waals surface area contributed by atoms with E-state index in [0.717, 1.165) is 17.9 Å². The van der Waals surface area contributed by atoms with Crippen LogP contribution in [0.5, 0.6) is 0 Å². The molecule has 1 amide bonds. The molecule has 1 saturated heterocycles. The van der Waals surface area contributed by atoms with Crippen molar-refractivity contribution in [3.63, 3.8) is 0 Å². The van der Waals surface area contributed by atoms with Crippen molar-refractivity contribution in [3.8, 4) is 0 Å². The lowest BCUT2D eigenvalue weighted by molar-refractivity contribution is -0.143. The van der Waals surface area contributed by atoms with E-state index in [9.17, 15) is 9.18 Å². The van der Waals surface area contributed by atoms with Crippen LogP contribution in [0.1, 0.15) is 45.2 Å². The lowest BCUT2D eigenvalue weighted by Gasteiger charge is -2.41. The number of nitrogens with zero attached hydrogens (tertiary/aromatic N) is 1. The highest BCUT2D eigenvalue weighted by Crippen LogP contribution is 2.35. The molecule has 0 aromatic heterocycles. The van der Waals surface area contributed by atoms with E-state index in [1.54, 1.807) is 12.1 Å². The van der Waals surface area contributed by atoms with Gasteiger partial charge in [0, 0.05) is 22.0 Å².